The molecule has 0 aliphatic carbocycles. The molecule has 0 aliphatic rings. The lowest BCUT2D eigenvalue weighted by Gasteiger charge is -2.19. The summed E-state index contributed by atoms with van der Waals surface area (Å²) in [5.74, 6) is 0.250. The van der Waals surface area contributed by atoms with Gasteiger partial charge in [0, 0.05) is 19.6 Å². The van der Waals surface area contributed by atoms with Crippen LogP contribution in [-0.2, 0) is 6.54 Å². The van der Waals surface area contributed by atoms with Crippen molar-refractivity contribution in [3.63, 3.8) is 0 Å². The van der Waals surface area contributed by atoms with E-state index in [1.165, 1.54) is 18.0 Å². The molecular weight excluding hydrogens is 451 g/mol. The van der Waals surface area contributed by atoms with Crippen LogP contribution in [0.5, 0.6) is 0 Å². The molecule has 2 N–H and O–H groups in total. The average molecular weight is 476 g/mol. The maximum absolute atomic E-state index is 13.2. The molecule has 0 unspecified atom stereocenters. The van der Waals surface area contributed by atoms with Gasteiger partial charge in [-0.05, 0) is 38.1 Å². The fourth-order valence-corrected chi connectivity index (χ4v) is 2.07. The van der Waals surface area contributed by atoms with Crippen LogP contribution in [0.1, 0.15) is 18.1 Å². The lowest BCUT2D eigenvalue weighted by molar-refractivity contribution is -0.142. The number of hydrogen-bond donors (Lipinski definition) is 2. The first-order valence-electron chi connectivity index (χ1n) is 7.73. The average Bonchev–Trinajstić information content (AvgIpc) is 2.46. The zero-order chi connectivity index (χ0) is 18.2. The molecule has 0 amide bonds. The van der Waals surface area contributed by atoms with Crippen molar-refractivity contribution in [1.82, 2.24) is 15.5 Å². The summed E-state index contributed by atoms with van der Waals surface area (Å²) in [5.41, 5.74) is 1.41. The number of benzene rings is 1. The van der Waals surface area contributed by atoms with Crippen LogP contribution in [0.2, 0.25) is 0 Å². The highest BCUT2D eigenvalue weighted by Crippen LogP contribution is 2.15. The van der Waals surface area contributed by atoms with Gasteiger partial charge >= 0.3 is 6.18 Å². The summed E-state index contributed by atoms with van der Waals surface area (Å²) < 4.78 is 50.0. The van der Waals surface area contributed by atoms with E-state index in [1.807, 2.05) is 6.92 Å². The van der Waals surface area contributed by atoms with Gasteiger partial charge in [0.15, 0.2) is 5.96 Å². The van der Waals surface area contributed by atoms with Crippen molar-refractivity contribution in [3.05, 3.63) is 35.1 Å². The molecule has 1 aromatic carbocycles. The SMILES string of the molecule is CCNC(=NCc1ccc(F)c(C)c1)NCCN(C)CC(F)(F)F.I. The van der Waals surface area contributed by atoms with Gasteiger partial charge in [0.25, 0.3) is 0 Å². The summed E-state index contributed by atoms with van der Waals surface area (Å²) in [6, 6.07) is 4.78. The van der Waals surface area contributed by atoms with Gasteiger partial charge < -0.3 is 10.6 Å². The van der Waals surface area contributed by atoms with Crippen LogP contribution in [0.15, 0.2) is 23.2 Å². The van der Waals surface area contributed by atoms with Gasteiger partial charge in [-0.25, -0.2) is 9.38 Å². The third-order valence-electron chi connectivity index (χ3n) is 3.22. The monoisotopic (exact) mass is 476 g/mol. The van der Waals surface area contributed by atoms with E-state index in [0.29, 0.717) is 31.2 Å². The number of halogens is 5. The molecule has 1 rings (SSSR count). The van der Waals surface area contributed by atoms with Gasteiger partial charge in [-0.2, -0.15) is 13.2 Å². The van der Waals surface area contributed by atoms with E-state index in [2.05, 4.69) is 15.6 Å². The second-order valence-electron chi connectivity index (χ2n) is 5.56. The minimum atomic E-state index is -4.20. The van der Waals surface area contributed by atoms with E-state index < -0.39 is 12.7 Å². The molecule has 25 heavy (non-hydrogen) atoms. The van der Waals surface area contributed by atoms with Gasteiger partial charge in [-0.1, -0.05) is 12.1 Å². The van der Waals surface area contributed by atoms with E-state index in [0.717, 1.165) is 5.56 Å². The summed E-state index contributed by atoms with van der Waals surface area (Å²) in [6.45, 7) is 4.19. The Morgan fingerprint density at radius 3 is 2.48 bits per heavy atom. The Balaban J connectivity index is 0.00000576. The predicted octanol–water partition coefficient (Wildman–Crippen LogP) is 3.30. The van der Waals surface area contributed by atoms with Gasteiger partial charge in [0.2, 0.25) is 0 Å². The van der Waals surface area contributed by atoms with E-state index in [-0.39, 0.29) is 36.3 Å². The summed E-state index contributed by atoms with van der Waals surface area (Å²) in [5, 5.41) is 6.01. The van der Waals surface area contributed by atoms with Crippen LogP contribution < -0.4 is 10.6 Å². The summed E-state index contributed by atoms with van der Waals surface area (Å²) in [6.07, 6.45) is -4.20. The number of aliphatic imine (C=N–C) groups is 1. The molecule has 0 aliphatic heterocycles. The number of nitrogens with one attached hydrogen (secondary N) is 2. The van der Waals surface area contributed by atoms with Crippen molar-refractivity contribution in [1.29, 1.82) is 0 Å². The molecule has 0 saturated heterocycles. The smallest absolute Gasteiger partial charge is 0.357 e. The highest BCUT2D eigenvalue weighted by atomic mass is 127. The molecule has 0 aromatic heterocycles. The third kappa shape index (κ3) is 10.5. The second-order valence-corrected chi connectivity index (χ2v) is 5.56. The molecule has 4 nitrogen and oxygen atoms in total. The minimum absolute atomic E-state index is 0. The largest absolute Gasteiger partial charge is 0.401 e. The minimum Gasteiger partial charge on any atom is -0.357 e. The van der Waals surface area contributed by atoms with Crippen molar-refractivity contribution in [2.24, 2.45) is 4.99 Å². The Hall–Kier alpha value is -1.10. The third-order valence-corrected chi connectivity index (χ3v) is 3.22. The maximum Gasteiger partial charge on any atom is 0.401 e. The quantitative estimate of drug-likeness (QED) is 0.275. The molecule has 0 atom stereocenters. The van der Waals surface area contributed by atoms with Crippen molar-refractivity contribution in [3.8, 4) is 0 Å². The Morgan fingerprint density at radius 2 is 1.92 bits per heavy atom. The molecule has 9 heteroatoms. The fourth-order valence-electron chi connectivity index (χ4n) is 2.07. The van der Waals surface area contributed by atoms with Gasteiger partial charge in [-0.15, -0.1) is 24.0 Å². The van der Waals surface area contributed by atoms with Crippen LogP contribution in [0.4, 0.5) is 17.6 Å². The molecule has 144 valence electrons. The van der Waals surface area contributed by atoms with Crippen molar-refractivity contribution < 1.29 is 17.6 Å². The van der Waals surface area contributed by atoms with Gasteiger partial charge in [-0.3, -0.25) is 4.90 Å². The van der Waals surface area contributed by atoms with Crippen LogP contribution in [-0.4, -0.2) is 50.3 Å². The number of likely N-dealkylation sites (N-methyl/N-ethyl adjacent to an activating group) is 1. The molecule has 0 saturated carbocycles. The van der Waals surface area contributed by atoms with Crippen molar-refractivity contribution >= 4 is 29.9 Å². The molecule has 0 bridgehead atoms. The fraction of sp³-hybridized carbons (Fsp3) is 0.562. The summed E-state index contributed by atoms with van der Waals surface area (Å²) in [4.78, 5) is 5.55. The lowest BCUT2D eigenvalue weighted by atomic mass is 10.1. The van der Waals surface area contributed by atoms with Crippen LogP contribution in [0.3, 0.4) is 0 Å². The maximum atomic E-state index is 13.2. The van der Waals surface area contributed by atoms with Crippen molar-refractivity contribution in [2.75, 3.05) is 33.2 Å². The Bertz CT molecular complexity index is 549. The number of alkyl halides is 3. The Labute approximate surface area is 163 Å². The topological polar surface area (TPSA) is 39.7 Å². The first-order valence-corrected chi connectivity index (χ1v) is 7.73. The van der Waals surface area contributed by atoms with Gasteiger partial charge in [0.1, 0.15) is 5.82 Å². The first kappa shape index (κ1) is 23.9. The Kier molecular flexibility index (Phi) is 11.0. The Morgan fingerprint density at radius 1 is 1.24 bits per heavy atom. The number of rotatable bonds is 7. The number of nitrogens with zero attached hydrogens (tertiary/aromatic N) is 2. The lowest BCUT2D eigenvalue weighted by Crippen LogP contribution is -2.42. The summed E-state index contributed by atoms with van der Waals surface area (Å²) >= 11 is 0. The van der Waals surface area contributed by atoms with Crippen LogP contribution in [0, 0.1) is 12.7 Å². The molecule has 0 fully saturated rings. The van der Waals surface area contributed by atoms with Crippen molar-refractivity contribution in [2.45, 2.75) is 26.6 Å². The number of aryl methyl sites for hydroxylation is 1. The number of hydrogen-bond acceptors (Lipinski definition) is 2. The normalized spacial score (nSPS) is 12.1. The second kappa shape index (κ2) is 11.5. The standard InChI is InChI=1S/C16H24F4N4.HI/c1-4-21-15(22-7-8-24(3)11-16(18,19)20)23-10-13-5-6-14(17)12(2)9-13;/h5-6,9H,4,7-8,10-11H2,1-3H3,(H2,21,22,23);1H. The van der Waals surface area contributed by atoms with E-state index in [4.69, 9.17) is 0 Å². The molecule has 0 heterocycles. The summed E-state index contributed by atoms with van der Waals surface area (Å²) in [7, 11) is 1.42. The van der Waals surface area contributed by atoms with E-state index in [9.17, 15) is 17.6 Å². The van der Waals surface area contributed by atoms with E-state index >= 15 is 0 Å². The highest BCUT2D eigenvalue weighted by Gasteiger charge is 2.28. The molecule has 1 aromatic rings. The van der Waals surface area contributed by atoms with Crippen LogP contribution >= 0.6 is 24.0 Å². The molecule has 0 radical (unpaired) electrons. The molecular formula is C16H25F4IN4. The first-order chi connectivity index (χ1) is 11.2. The van der Waals surface area contributed by atoms with Gasteiger partial charge in [0.05, 0.1) is 13.1 Å². The zero-order valence-corrected chi connectivity index (χ0v) is 16.9. The predicted molar refractivity (Wildman–Crippen MR) is 103 cm³/mol. The highest BCUT2D eigenvalue weighted by molar-refractivity contribution is 14.0. The number of guanidine groups is 1. The molecule has 0 spiro atoms. The zero-order valence-electron chi connectivity index (χ0n) is 14.6. The van der Waals surface area contributed by atoms with E-state index in [1.54, 1.807) is 19.1 Å². The van der Waals surface area contributed by atoms with Crippen LogP contribution in [0.25, 0.3) is 0 Å².